The fraction of sp³-hybridized carbons (Fsp3) is 0.455. The topological polar surface area (TPSA) is 83.5 Å². The van der Waals surface area contributed by atoms with E-state index in [9.17, 15) is 4.79 Å². The van der Waals surface area contributed by atoms with Crippen molar-refractivity contribution in [2.75, 3.05) is 40.8 Å². The number of para-hydroxylation sites is 1. The van der Waals surface area contributed by atoms with Gasteiger partial charge in [-0.2, -0.15) is 4.98 Å². The summed E-state index contributed by atoms with van der Waals surface area (Å²) in [5, 5.41) is 4.23. The van der Waals surface area contributed by atoms with Crippen LogP contribution in [0.1, 0.15) is 40.8 Å². The average Bonchev–Trinajstić information content (AvgIpc) is 3.49. The molecular weight excluding hydrogens is 394 g/mol. The number of carbonyl (C=O) groups is 1. The van der Waals surface area contributed by atoms with E-state index in [1.165, 1.54) is 0 Å². The number of rotatable bonds is 6. The van der Waals surface area contributed by atoms with E-state index < -0.39 is 0 Å². The number of hydrogen-bond donors (Lipinski definition) is 0. The van der Waals surface area contributed by atoms with Gasteiger partial charge in [-0.25, -0.2) is 4.98 Å². The molecule has 1 saturated heterocycles. The van der Waals surface area contributed by atoms with Crippen LogP contribution < -0.4 is 0 Å². The van der Waals surface area contributed by atoms with E-state index in [1.54, 1.807) is 6.33 Å². The number of hydrogen-bond acceptors (Lipinski definition) is 7. The molecule has 2 aliphatic heterocycles. The number of fused-ring (bicyclic) bond motifs is 5. The van der Waals surface area contributed by atoms with Gasteiger partial charge in [-0.05, 0) is 46.1 Å². The van der Waals surface area contributed by atoms with Crippen molar-refractivity contribution in [3.05, 3.63) is 47.7 Å². The lowest BCUT2D eigenvalue weighted by molar-refractivity contribution is 0.0739. The molecule has 1 amide bonds. The molecule has 162 valence electrons. The highest BCUT2D eigenvalue weighted by Crippen LogP contribution is 2.41. The van der Waals surface area contributed by atoms with E-state index in [2.05, 4.69) is 39.0 Å². The normalized spacial score (nSPS) is 17.8. The maximum Gasteiger partial charge on any atom is 0.256 e. The van der Waals surface area contributed by atoms with Crippen molar-refractivity contribution in [1.82, 2.24) is 34.4 Å². The van der Waals surface area contributed by atoms with Gasteiger partial charge in [0.1, 0.15) is 12.0 Å². The lowest BCUT2D eigenvalue weighted by Crippen LogP contribution is -2.29. The molecule has 9 heteroatoms. The molecule has 0 N–H and O–H groups in total. The van der Waals surface area contributed by atoms with Gasteiger partial charge in [-0.3, -0.25) is 14.3 Å². The van der Waals surface area contributed by atoms with E-state index in [0.717, 1.165) is 43.9 Å². The summed E-state index contributed by atoms with van der Waals surface area (Å²) in [5.41, 5.74) is 3.20. The van der Waals surface area contributed by atoms with Gasteiger partial charge in [0.25, 0.3) is 5.91 Å². The summed E-state index contributed by atoms with van der Waals surface area (Å²) in [6, 6.07) is 7.66. The van der Waals surface area contributed by atoms with Crippen LogP contribution in [0.3, 0.4) is 0 Å². The van der Waals surface area contributed by atoms with Crippen LogP contribution in [0.25, 0.3) is 17.2 Å². The van der Waals surface area contributed by atoms with Gasteiger partial charge in [0.05, 0.1) is 29.5 Å². The van der Waals surface area contributed by atoms with Crippen molar-refractivity contribution >= 4 is 5.91 Å². The molecule has 0 spiro atoms. The molecule has 0 bridgehead atoms. The van der Waals surface area contributed by atoms with Gasteiger partial charge in [-0.1, -0.05) is 17.3 Å². The van der Waals surface area contributed by atoms with Gasteiger partial charge >= 0.3 is 0 Å². The molecule has 0 unspecified atom stereocenters. The van der Waals surface area contributed by atoms with Crippen LogP contribution in [-0.2, 0) is 6.54 Å². The zero-order valence-corrected chi connectivity index (χ0v) is 18.2. The Morgan fingerprint density at radius 2 is 2.03 bits per heavy atom. The lowest BCUT2D eigenvalue weighted by atomic mass is 10.1. The maximum atomic E-state index is 13.2. The molecule has 0 aliphatic carbocycles. The number of nitrogens with zero attached hydrogens (tertiary/aromatic N) is 7. The molecule has 1 aromatic carbocycles. The number of benzene rings is 1. The monoisotopic (exact) mass is 421 g/mol. The SMILES string of the molecule is CN(C)CCN(C)Cc1nc(-c2ncn3c2[C@@H]2CCCN2C(=O)c2ccccc2-3)no1. The minimum absolute atomic E-state index is 0.0397. The molecule has 9 nitrogen and oxygen atoms in total. The van der Waals surface area contributed by atoms with E-state index in [-0.39, 0.29) is 11.9 Å². The summed E-state index contributed by atoms with van der Waals surface area (Å²) in [7, 11) is 6.14. The Bertz CT molecular complexity index is 1100. The summed E-state index contributed by atoms with van der Waals surface area (Å²) in [5.74, 6) is 1.11. The van der Waals surface area contributed by atoms with Crippen LogP contribution in [0.2, 0.25) is 0 Å². The molecule has 0 saturated carbocycles. The van der Waals surface area contributed by atoms with E-state index in [0.29, 0.717) is 29.5 Å². The summed E-state index contributed by atoms with van der Waals surface area (Å²) >= 11 is 0. The fourth-order valence-electron chi connectivity index (χ4n) is 4.45. The van der Waals surface area contributed by atoms with E-state index in [1.807, 2.05) is 40.8 Å². The fourth-order valence-corrected chi connectivity index (χ4v) is 4.45. The Morgan fingerprint density at radius 3 is 2.87 bits per heavy atom. The third-order valence-electron chi connectivity index (χ3n) is 6.04. The smallest absolute Gasteiger partial charge is 0.256 e. The summed E-state index contributed by atoms with van der Waals surface area (Å²) in [6.07, 6.45) is 3.64. The number of likely N-dealkylation sites (N-methyl/N-ethyl adjacent to an activating group) is 2. The molecule has 2 aliphatic rings. The van der Waals surface area contributed by atoms with Crippen LogP contribution >= 0.6 is 0 Å². The Balaban J connectivity index is 1.50. The van der Waals surface area contributed by atoms with Crippen LogP contribution in [0.5, 0.6) is 0 Å². The standard InChI is InChI=1S/C22H27N7O2/c1-26(2)11-12-27(3)13-18-24-21(25-31-18)19-20-17-9-6-10-28(17)22(30)15-7-4-5-8-16(15)29(20)14-23-19/h4-5,7-8,14,17H,6,9-13H2,1-3H3/t17-/m0/s1. The first-order valence-corrected chi connectivity index (χ1v) is 10.7. The second-order valence-corrected chi connectivity index (χ2v) is 8.57. The highest BCUT2D eigenvalue weighted by atomic mass is 16.5. The number of imidazole rings is 1. The van der Waals surface area contributed by atoms with E-state index >= 15 is 0 Å². The zero-order valence-electron chi connectivity index (χ0n) is 18.2. The van der Waals surface area contributed by atoms with Crippen molar-refractivity contribution in [3.63, 3.8) is 0 Å². The highest BCUT2D eigenvalue weighted by molar-refractivity contribution is 5.99. The Hall–Kier alpha value is -3.04. The molecule has 1 atom stereocenters. The van der Waals surface area contributed by atoms with Crippen molar-refractivity contribution < 1.29 is 9.32 Å². The zero-order chi connectivity index (χ0) is 21.5. The van der Waals surface area contributed by atoms with Gasteiger partial charge in [0, 0.05) is 19.6 Å². The van der Waals surface area contributed by atoms with Crippen LogP contribution in [0.15, 0.2) is 35.1 Å². The maximum absolute atomic E-state index is 13.2. The van der Waals surface area contributed by atoms with Crippen molar-refractivity contribution in [2.45, 2.75) is 25.4 Å². The van der Waals surface area contributed by atoms with Crippen molar-refractivity contribution in [2.24, 2.45) is 0 Å². The summed E-state index contributed by atoms with van der Waals surface area (Å²) < 4.78 is 7.57. The number of amides is 1. The quantitative estimate of drug-likeness (QED) is 0.603. The van der Waals surface area contributed by atoms with Gasteiger partial charge in [0.2, 0.25) is 11.7 Å². The predicted molar refractivity (Wildman–Crippen MR) is 115 cm³/mol. The average molecular weight is 422 g/mol. The highest BCUT2D eigenvalue weighted by Gasteiger charge is 2.39. The first kappa shape index (κ1) is 19.9. The lowest BCUT2D eigenvalue weighted by Gasteiger charge is -2.22. The molecule has 1 fully saturated rings. The third kappa shape index (κ3) is 3.53. The molecule has 31 heavy (non-hydrogen) atoms. The third-order valence-corrected chi connectivity index (χ3v) is 6.04. The molecule has 4 heterocycles. The first-order valence-electron chi connectivity index (χ1n) is 10.7. The van der Waals surface area contributed by atoms with Crippen molar-refractivity contribution in [1.29, 1.82) is 0 Å². The van der Waals surface area contributed by atoms with Crippen LogP contribution in [0, 0.1) is 0 Å². The number of carbonyl (C=O) groups excluding carboxylic acids is 1. The second-order valence-electron chi connectivity index (χ2n) is 8.57. The number of aromatic nitrogens is 4. The summed E-state index contributed by atoms with van der Waals surface area (Å²) in [6.45, 7) is 3.18. The predicted octanol–water partition coefficient (Wildman–Crippen LogP) is 2.21. The Labute approximate surface area is 181 Å². The molecule has 5 rings (SSSR count). The Morgan fingerprint density at radius 1 is 1.19 bits per heavy atom. The molecule has 0 radical (unpaired) electrons. The van der Waals surface area contributed by atoms with Crippen molar-refractivity contribution in [3.8, 4) is 17.2 Å². The van der Waals surface area contributed by atoms with Gasteiger partial charge < -0.3 is 14.3 Å². The molecule has 2 aromatic heterocycles. The second kappa shape index (κ2) is 7.90. The van der Waals surface area contributed by atoms with Crippen LogP contribution in [-0.4, -0.2) is 81.1 Å². The molecule has 3 aromatic rings. The Kier molecular flexibility index (Phi) is 5.07. The van der Waals surface area contributed by atoms with Gasteiger partial charge in [-0.15, -0.1) is 0 Å². The summed E-state index contributed by atoms with van der Waals surface area (Å²) in [4.78, 5) is 28.8. The minimum atomic E-state index is -0.0397. The first-order chi connectivity index (χ1) is 15.0. The largest absolute Gasteiger partial charge is 0.337 e. The van der Waals surface area contributed by atoms with Gasteiger partial charge in [0.15, 0.2) is 0 Å². The molecular formula is C22H27N7O2. The van der Waals surface area contributed by atoms with Crippen LogP contribution in [0.4, 0.5) is 0 Å². The van der Waals surface area contributed by atoms with E-state index in [4.69, 9.17) is 4.52 Å². The minimum Gasteiger partial charge on any atom is -0.337 e.